The third kappa shape index (κ3) is 1.89. The maximum absolute atomic E-state index is 12.7. The normalized spacial score (nSPS) is 37.0. The third-order valence-corrected chi connectivity index (χ3v) is 5.73. The zero-order chi connectivity index (χ0) is 11.9. The molecule has 1 spiro atoms. The van der Waals surface area contributed by atoms with Gasteiger partial charge in [-0.3, -0.25) is 10.1 Å². The summed E-state index contributed by atoms with van der Waals surface area (Å²) in [6.07, 6.45) is 7.21. The van der Waals surface area contributed by atoms with E-state index in [1.54, 1.807) is 0 Å². The van der Waals surface area contributed by atoms with Crippen LogP contribution in [-0.4, -0.2) is 40.1 Å². The van der Waals surface area contributed by atoms with Gasteiger partial charge in [0.1, 0.15) is 0 Å². The van der Waals surface area contributed by atoms with Crippen molar-refractivity contribution in [2.45, 2.75) is 63.2 Å². The van der Waals surface area contributed by atoms with Gasteiger partial charge >= 0.3 is 0 Å². The van der Waals surface area contributed by atoms with Crippen LogP contribution in [0.1, 0.15) is 45.4 Å². The van der Waals surface area contributed by atoms with Gasteiger partial charge in [-0.1, -0.05) is 12.8 Å². The van der Waals surface area contributed by atoms with Crippen LogP contribution in [0.5, 0.6) is 0 Å². The topological polar surface area (TPSA) is 32.3 Å². The van der Waals surface area contributed by atoms with Crippen molar-refractivity contribution in [3.8, 4) is 0 Å². The van der Waals surface area contributed by atoms with Gasteiger partial charge in [0, 0.05) is 11.8 Å². The molecule has 3 nitrogen and oxygen atoms in total. The molecule has 0 aromatic carbocycles. The van der Waals surface area contributed by atoms with Gasteiger partial charge in [0.15, 0.2) is 0 Å². The second-order valence-corrected chi connectivity index (χ2v) is 6.84. The van der Waals surface area contributed by atoms with Gasteiger partial charge in [0.25, 0.3) is 0 Å². The molecule has 3 fully saturated rings. The first-order chi connectivity index (χ1) is 8.23. The number of nitrogens with one attached hydrogen (secondary N) is 1. The fourth-order valence-corrected chi connectivity index (χ4v) is 4.85. The van der Waals surface area contributed by atoms with Gasteiger partial charge in [0.05, 0.1) is 11.7 Å². The molecule has 2 unspecified atom stereocenters. The molecule has 1 saturated carbocycles. The van der Waals surface area contributed by atoms with Crippen LogP contribution in [0.15, 0.2) is 0 Å². The van der Waals surface area contributed by atoms with Crippen molar-refractivity contribution in [3.63, 3.8) is 0 Å². The predicted octanol–water partition coefficient (Wildman–Crippen LogP) is 1.97. The van der Waals surface area contributed by atoms with Crippen molar-refractivity contribution in [3.05, 3.63) is 0 Å². The zero-order valence-electron chi connectivity index (χ0n) is 10.6. The van der Waals surface area contributed by atoms with Crippen LogP contribution < -0.4 is 5.32 Å². The van der Waals surface area contributed by atoms with Crippen LogP contribution in [0.2, 0.25) is 0 Å². The van der Waals surface area contributed by atoms with Crippen molar-refractivity contribution in [2.24, 2.45) is 0 Å². The second-order valence-electron chi connectivity index (χ2n) is 5.69. The maximum Gasteiger partial charge on any atom is 0.244 e. The molecule has 1 amide bonds. The highest BCUT2D eigenvalue weighted by Crippen LogP contribution is 2.38. The lowest BCUT2D eigenvalue weighted by Gasteiger charge is -2.33. The summed E-state index contributed by atoms with van der Waals surface area (Å²) in [7, 11) is 0. The van der Waals surface area contributed by atoms with E-state index in [1.807, 2.05) is 11.8 Å². The van der Waals surface area contributed by atoms with Gasteiger partial charge in [-0.05, 0) is 38.4 Å². The Morgan fingerprint density at radius 2 is 2.12 bits per heavy atom. The lowest BCUT2D eigenvalue weighted by Crippen LogP contribution is -2.47. The van der Waals surface area contributed by atoms with E-state index >= 15 is 0 Å². The highest BCUT2D eigenvalue weighted by atomic mass is 32.2. The minimum absolute atomic E-state index is 0.179. The first-order valence-corrected chi connectivity index (χ1v) is 8.07. The molecular weight excluding hydrogens is 232 g/mol. The van der Waals surface area contributed by atoms with Crippen LogP contribution in [0.3, 0.4) is 0 Å². The average Bonchev–Trinajstić information content (AvgIpc) is 2.88. The van der Waals surface area contributed by atoms with E-state index in [-0.39, 0.29) is 11.7 Å². The van der Waals surface area contributed by atoms with Crippen LogP contribution in [0.25, 0.3) is 0 Å². The quantitative estimate of drug-likeness (QED) is 0.776. The lowest BCUT2D eigenvalue weighted by atomic mass is 9.97. The van der Waals surface area contributed by atoms with Gasteiger partial charge in [0.2, 0.25) is 5.91 Å². The summed E-state index contributed by atoms with van der Waals surface area (Å²) in [6.45, 7) is 2.16. The Morgan fingerprint density at radius 1 is 1.35 bits per heavy atom. The Kier molecular flexibility index (Phi) is 3.11. The van der Waals surface area contributed by atoms with Crippen molar-refractivity contribution in [1.82, 2.24) is 10.2 Å². The van der Waals surface area contributed by atoms with E-state index in [4.69, 9.17) is 0 Å². The standard InChI is InChI=1S/C13H22N2OS/c1-10-14-13(6-2-3-7-13)12(16)15(10)11-5-4-8-17-9-11/h10-11,14H,2-9H2,1H3. The van der Waals surface area contributed by atoms with E-state index in [1.165, 1.54) is 31.4 Å². The third-order valence-electron chi connectivity index (χ3n) is 4.53. The van der Waals surface area contributed by atoms with Crippen LogP contribution in [-0.2, 0) is 4.79 Å². The Hall–Kier alpha value is -0.220. The Morgan fingerprint density at radius 3 is 2.76 bits per heavy atom. The number of carbonyl (C=O) groups is 1. The number of thioether (sulfide) groups is 1. The van der Waals surface area contributed by atoms with E-state index in [9.17, 15) is 4.79 Å². The molecule has 2 heterocycles. The highest BCUT2D eigenvalue weighted by Gasteiger charge is 2.52. The summed E-state index contributed by atoms with van der Waals surface area (Å²) in [5.41, 5.74) is -0.179. The molecule has 17 heavy (non-hydrogen) atoms. The highest BCUT2D eigenvalue weighted by molar-refractivity contribution is 7.99. The first-order valence-electron chi connectivity index (χ1n) is 6.91. The predicted molar refractivity (Wildman–Crippen MR) is 71.0 cm³/mol. The molecular formula is C13H22N2OS. The van der Waals surface area contributed by atoms with E-state index in [2.05, 4.69) is 17.1 Å². The van der Waals surface area contributed by atoms with Gasteiger partial charge in [-0.15, -0.1) is 0 Å². The number of hydrogen-bond acceptors (Lipinski definition) is 3. The molecule has 2 atom stereocenters. The summed E-state index contributed by atoms with van der Waals surface area (Å²) in [5.74, 6) is 2.80. The largest absolute Gasteiger partial charge is 0.322 e. The minimum Gasteiger partial charge on any atom is -0.322 e. The maximum atomic E-state index is 12.7. The fourth-order valence-electron chi connectivity index (χ4n) is 3.72. The molecule has 0 aromatic heterocycles. The summed E-state index contributed by atoms with van der Waals surface area (Å²) in [4.78, 5) is 14.9. The van der Waals surface area contributed by atoms with Gasteiger partial charge < -0.3 is 4.90 Å². The molecule has 2 saturated heterocycles. The van der Waals surface area contributed by atoms with Crippen molar-refractivity contribution in [2.75, 3.05) is 11.5 Å². The van der Waals surface area contributed by atoms with Crippen molar-refractivity contribution < 1.29 is 4.79 Å². The van der Waals surface area contributed by atoms with E-state index in [0.29, 0.717) is 11.9 Å². The summed E-state index contributed by atoms with van der Waals surface area (Å²) >= 11 is 2.00. The second kappa shape index (κ2) is 4.47. The molecule has 1 aliphatic carbocycles. The number of carbonyl (C=O) groups excluding carboxylic acids is 1. The molecule has 0 aromatic rings. The number of rotatable bonds is 1. The fraction of sp³-hybridized carbons (Fsp3) is 0.923. The Balaban J connectivity index is 1.78. The number of nitrogens with zero attached hydrogens (tertiary/aromatic N) is 1. The van der Waals surface area contributed by atoms with Gasteiger partial charge in [-0.25, -0.2) is 0 Å². The first kappa shape index (κ1) is 11.8. The molecule has 2 aliphatic heterocycles. The van der Waals surface area contributed by atoms with Crippen LogP contribution in [0.4, 0.5) is 0 Å². The minimum atomic E-state index is -0.179. The van der Waals surface area contributed by atoms with Crippen LogP contribution >= 0.6 is 11.8 Å². The molecule has 4 heteroatoms. The van der Waals surface area contributed by atoms with Crippen molar-refractivity contribution >= 4 is 17.7 Å². The zero-order valence-corrected chi connectivity index (χ0v) is 11.4. The Labute approximate surface area is 108 Å². The molecule has 1 N–H and O–H groups in total. The average molecular weight is 254 g/mol. The van der Waals surface area contributed by atoms with E-state index in [0.717, 1.165) is 18.6 Å². The van der Waals surface area contributed by atoms with Gasteiger partial charge in [-0.2, -0.15) is 11.8 Å². The number of amides is 1. The van der Waals surface area contributed by atoms with Crippen molar-refractivity contribution in [1.29, 1.82) is 0 Å². The smallest absolute Gasteiger partial charge is 0.244 e. The van der Waals surface area contributed by atoms with E-state index < -0.39 is 0 Å². The lowest BCUT2D eigenvalue weighted by molar-refractivity contribution is -0.134. The SMILES string of the molecule is CC1NC2(CCCC2)C(=O)N1C1CCCSC1. The number of hydrogen-bond donors (Lipinski definition) is 1. The molecule has 0 bridgehead atoms. The van der Waals surface area contributed by atoms with Crippen LogP contribution in [0, 0.1) is 0 Å². The Bertz CT molecular complexity index is 309. The molecule has 3 rings (SSSR count). The summed E-state index contributed by atoms with van der Waals surface area (Å²) in [6, 6.07) is 0.476. The molecule has 3 aliphatic rings. The molecule has 96 valence electrons. The molecule has 0 radical (unpaired) electrons. The monoisotopic (exact) mass is 254 g/mol. The summed E-state index contributed by atoms with van der Waals surface area (Å²) < 4.78 is 0. The summed E-state index contributed by atoms with van der Waals surface area (Å²) in [5, 5.41) is 3.59.